The summed E-state index contributed by atoms with van der Waals surface area (Å²) in [6.07, 6.45) is 2.91. The Hall–Kier alpha value is -2.92. The Bertz CT molecular complexity index is 1200. The molecule has 0 atom stereocenters. The van der Waals surface area contributed by atoms with Crippen LogP contribution in [0.4, 0.5) is 10.6 Å². The van der Waals surface area contributed by atoms with Crippen LogP contribution in [-0.4, -0.2) is 75.3 Å². The van der Waals surface area contributed by atoms with Crippen LogP contribution in [0, 0.1) is 6.92 Å². The van der Waals surface area contributed by atoms with E-state index >= 15 is 0 Å². The van der Waals surface area contributed by atoms with Gasteiger partial charge >= 0.3 is 6.09 Å². The van der Waals surface area contributed by atoms with E-state index in [1.165, 1.54) is 9.30 Å². The number of aromatic nitrogens is 2. The number of carbonyl (C=O) groups excluding carboxylic acids is 2. The van der Waals surface area contributed by atoms with E-state index in [0.717, 1.165) is 17.3 Å². The average Bonchev–Trinajstić information content (AvgIpc) is 3.03. The molecule has 168 valence electrons. The molecule has 2 aliphatic rings. The molecular weight excluding hydrogens is 450 g/mol. The summed E-state index contributed by atoms with van der Waals surface area (Å²) in [5.74, 6) is 0.251. The quantitative estimate of drug-likeness (QED) is 0.495. The van der Waals surface area contributed by atoms with Crippen molar-refractivity contribution in [3.63, 3.8) is 0 Å². The Balaban J connectivity index is 1.78. The number of nitrogens with zero attached hydrogens (tertiary/aromatic N) is 5. The van der Waals surface area contributed by atoms with E-state index in [0.29, 0.717) is 59.0 Å². The number of hydrogen-bond donors (Lipinski definition) is 0. The number of thioether (sulfide) groups is 1. The van der Waals surface area contributed by atoms with E-state index in [-0.39, 0.29) is 17.6 Å². The Kier molecular flexibility index (Phi) is 6.20. The number of amides is 2. The Morgan fingerprint density at radius 1 is 1.28 bits per heavy atom. The standard InChI is InChI=1S/C21H23N5O4S2/c1-4-30-20(29)25-10-8-24(9-11-25)17-14(12-15-19(28)23(3)21(31)32-15)18(27)26-7-5-6-13(2)16(26)22-17/h5-7,12H,4,8-11H2,1-3H3. The van der Waals surface area contributed by atoms with Crippen LogP contribution in [0.2, 0.25) is 0 Å². The first-order chi connectivity index (χ1) is 15.3. The first kappa shape index (κ1) is 22.3. The van der Waals surface area contributed by atoms with Gasteiger partial charge in [-0.2, -0.15) is 0 Å². The number of piperazine rings is 1. The van der Waals surface area contributed by atoms with Crippen molar-refractivity contribution in [1.82, 2.24) is 19.2 Å². The number of likely N-dealkylation sites (N-methyl/N-ethyl adjacent to an activating group) is 1. The summed E-state index contributed by atoms with van der Waals surface area (Å²) in [7, 11) is 1.61. The van der Waals surface area contributed by atoms with Crippen LogP contribution in [0.25, 0.3) is 11.7 Å². The Morgan fingerprint density at radius 3 is 2.62 bits per heavy atom. The number of thiocarbonyl (C=S) groups is 1. The molecule has 0 radical (unpaired) electrons. The molecule has 9 nitrogen and oxygen atoms in total. The predicted molar refractivity (Wildman–Crippen MR) is 128 cm³/mol. The Morgan fingerprint density at radius 2 is 2.00 bits per heavy atom. The lowest BCUT2D eigenvalue weighted by Gasteiger charge is -2.35. The summed E-state index contributed by atoms with van der Waals surface area (Å²) >= 11 is 6.39. The van der Waals surface area contributed by atoms with E-state index in [9.17, 15) is 14.4 Å². The van der Waals surface area contributed by atoms with E-state index in [2.05, 4.69) is 0 Å². The summed E-state index contributed by atoms with van der Waals surface area (Å²) in [6.45, 7) is 5.86. The molecule has 4 heterocycles. The number of carbonyl (C=O) groups is 2. The van der Waals surface area contributed by atoms with E-state index in [4.69, 9.17) is 21.9 Å². The number of anilines is 1. The molecule has 4 rings (SSSR count). The van der Waals surface area contributed by atoms with Crippen molar-refractivity contribution in [3.8, 4) is 0 Å². The lowest BCUT2D eigenvalue weighted by molar-refractivity contribution is -0.121. The third-order valence-electron chi connectivity index (χ3n) is 5.43. The highest BCUT2D eigenvalue weighted by molar-refractivity contribution is 8.26. The van der Waals surface area contributed by atoms with Crippen molar-refractivity contribution < 1.29 is 14.3 Å². The van der Waals surface area contributed by atoms with Gasteiger partial charge in [-0.25, -0.2) is 9.78 Å². The largest absolute Gasteiger partial charge is 0.450 e. The molecule has 0 spiro atoms. The lowest BCUT2D eigenvalue weighted by Crippen LogP contribution is -2.49. The van der Waals surface area contributed by atoms with Crippen molar-refractivity contribution in [2.45, 2.75) is 13.8 Å². The molecule has 32 heavy (non-hydrogen) atoms. The minimum Gasteiger partial charge on any atom is -0.450 e. The maximum absolute atomic E-state index is 13.5. The second-order valence-corrected chi connectivity index (χ2v) is 9.13. The van der Waals surface area contributed by atoms with Gasteiger partial charge in [-0.15, -0.1) is 0 Å². The van der Waals surface area contributed by atoms with Gasteiger partial charge in [0.2, 0.25) is 0 Å². The molecule has 0 bridgehead atoms. The molecule has 2 aliphatic heterocycles. The van der Waals surface area contributed by atoms with E-state index in [1.807, 2.05) is 17.9 Å². The smallest absolute Gasteiger partial charge is 0.409 e. The van der Waals surface area contributed by atoms with Crippen molar-refractivity contribution in [2.75, 3.05) is 44.7 Å². The van der Waals surface area contributed by atoms with E-state index in [1.54, 1.807) is 37.2 Å². The fourth-order valence-electron chi connectivity index (χ4n) is 3.66. The lowest BCUT2D eigenvalue weighted by atomic mass is 10.2. The van der Waals surface area contributed by atoms with E-state index < -0.39 is 0 Å². The van der Waals surface area contributed by atoms with Crippen molar-refractivity contribution in [2.24, 2.45) is 0 Å². The minimum atomic E-state index is -0.346. The molecule has 2 amide bonds. The molecule has 2 saturated heterocycles. The molecule has 2 aromatic heterocycles. The second kappa shape index (κ2) is 8.91. The maximum Gasteiger partial charge on any atom is 0.409 e. The van der Waals surface area contributed by atoms with Gasteiger partial charge in [-0.05, 0) is 31.6 Å². The zero-order valence-electron chi connectivity index (χ0n) is 18.0. The fraction of sp³-hybridized carbons (Fsp3) is 0.381. The molecule has 0 aliphatic carbocycles. The monoisotopic (exact) mass is 473 g/mol. The summed E-state index contributed by atoms with van der Waals surface area (Å²) in [5, 5.41) is 0. The normalized spacial score (nSPS) is 18.2. The van der Waals surface area contributed by atoms with Crippen LogP contribution in [0.1, 0.15) is 18.1 Å². The Labute approximate surface area is 194 Å². The highest BCUT2D eigenvalue weighted by atomic mass is 32.2. The number of rotatable bonds is 3. The van der Waals surface area contributed by atoms with Crippen molar-refractivity contribution in [1.29, 1.82) is 0 Å². The van der Waals surface area contributed by atoms with Crippen molar-refractivity contribution >= 4 is 57.8 Å². The molecule has 0 unspecified atom stereocenters. The van der Waals surface area contributed by atoms with Gasteiger partial charge in [0.15, 0.2) is 0 Å². The van der Waals surface area contributed by atoms with Gasteiger partial charge in [-0.1, -0.05) is 30.0 Å². The van der Waals surface area contributed by atoms with Crippen LogP contribution < -0.4 is 10.5 Å². The molecule has 0 aromatic carbocycles. The fourth-order valence-corrected chi connectivity index (χ4v) is 4.82. The van der Waals surface area contributed by atoms with Gasteiger partial charge < -0.3 is 14.5 Å². The summed E-state index contributed by atoms with van der Waals surface area (Å²) in [6, 6.07) is 3.69. The number of aryl methyl sites for hydroxylation is 1. The second-order valence-electron chi connectivity index (χ2n) is 7.45. The van der Waals surface area contributed by atoms with Crippen LogP contribution in [0.5, 0.6) is 0 Å². The minimum absolute atomic E-state index is 0.244. The highest BCUT2D eigenvalue weighted by Crippen LogP contribution is 2.32. The zero-order valence-corrected chi connectivity index (χ0v) is 19.7. The molecule has 11 heteroatoms. The number of hydrogen-bond acceptors (Lipinski definition) is 8. The van der Waals surface area contributed by atoms with Crippen LogP contribution in [-0.2, 0) is 9.53 Å². The average molecular weight is 474 g/mol. The maximum atomic E-state index is 13.5. The molecule has 0 N–H and O–H groups in total. The summed E-state index contributed by atoms with van der Waals surface area (Å²) < 4.78 is 7.02. The number of ether oxygens (including phenoxy) is 1. The number of pyridine rings is 1. The van der Waals surface area contributed by atoms with Gasteiger partial charge in [0.25, 0.3) is 11.5 Å². The van der Waals surface area contributed by atoms with Crippen LogP contribution >= 0.6 is 24.0 Å². The van der Waals surface area contributed by atoms with Crippen LogP contribution in [0.3, 0.4) is 0 Å². The molecule has 0 saturated carbocycles. The summed E-state index contributed by atoms with van der Waals surface area (Å²) in [4.78, 5) is 48.3. The van der Waals surface area contributed by atoms with Gasteiger partial charge in [0, 0.05) is 39.4 Å². The topological polar surface area (TPSA) is 87.5 Å². The van der Waals surface area contributed by atoms with Gasteiger partial charge in [0.1, 0.15) is 15.8 Å². The van der Waals surface area contributed by atoms with Gasteiger partial charge in [0.05, 0.1) is 17.1 Å². The SMILES string of the molecule is CCOC(=O)N1CCN(c2nc3c(C)cccn3c(=O)c2C=C2SC(=S)N(C)C2=O)CC1. The first-order valence-electron chi connectivity index (χ1n) is 10.2. The third-order valence-corrected chi connectivity index (χ3v) is 6.92. The van der Waals surface area contributed by atoms with Crippen molar-refractivity contribution in [3.05, 3.63) is 44.7 Å². The molecule has 2 fully saturated rings. The zero-order chi connectivity index (χ0) is 23.0. The van der Waals surface area contributed by atoms with Gasteiger partial charge in [-0.3, -0.25) is 18.9 Å². The highest BCUT2D eigenvalue weighted by Gasteiger charge is 2.31. The third kappa shape index (κ3) is 3.97. The van der Waals surface area contributed by atoms with Crippen LogP contribution in [0.15, 0.2) is 28.0 Å². The molecule has 2 aromatic rings. The number of fused-ring (bicyclic) bond motifs is 1. The first-order valence-corrected chi connectivity index (χ1v) is 11.4. The molecular formula is C21H23N5O4S2. The predicted octanol–water partition coefficient (Wildman–Crippen LogP) is 2.11. The summed E-state index contributed by atoms with van der Waals surface area (Å²) in [5.41, 5.74) is 1.48.